The van der Waals surface area contributed by atoms with Crippen molar-refractivity contribution < 1.29 is 62.0 Å². The Balaban J connectivity index is 1.06. The molecule has 428 valence electrons. The summed E-state index contributed by atoms with van der Waals surface area (Å²) in [5.41, 5.74) is 5.11. The zero-order valence-electron chi connectivity index (χ0n) is 45.4. The molecule has 2 heterocycles. The zero-order chi connectivity index (χ0) is 57.0. The van der Waals surface area contributed by atoms with Gasteiger partial charge in [-0.25, -0.2) is 0 Å². The fraction of sp³-hybridized carbons (Fsp3) is 0.273. The summed E-state index contributed by atoms with van der Waals surface area (Å²) in [7, 11) is 0. The maximum atomic E-state index is 11.7. The predicted octanol–water partition coefficient (Wildman–Crippen LogP) is 11.9. The van der Waals surface area contributed by atoms with E-state index in [9.17, 15) is 20.2 Å². The summed E-state index contributed by atoms with van der Waals surface area (Å²) >= 11 is 0. The fourth-order valence-corrected chi connectivity index (χ4v) is 9.80. The molecule has 0 aromatic heterocycles. The van der Waals surface area contributed by atoms with Crippen molar-refractivity contribution >= 4 is 11.4 Å². The highest BCUT2D eigenvalue weighted by Gasteiger charge is 2.54. The highest BCUT2D eigenvalue weighted by Crippen LogP contribution is 2.37. The molecule has 17 heteroatoms. The van der Waals surface area contributed by atoms with Crippen molar-refractivity contribution in [1.29, 1.82) is 0 Å². The van der Waals surface area contributed by atoms with Crippen LogP contribution in [0.3, 0.4) is 0 Å². The van der Waals surface area contributed by atoms with E-state index >= 15 is 0 Å². The number of hydrogen-bond donors (Lipinski definition) is 0. The number of nitrogens with zero attached hydrogens (tertiary/aromatic N) is 2. The lowest BCUT2D eigenvalue weighted by atomic mass is 9.96. The van der Waals surface area contributed by atoms with Gasteiger partial charge in [0.2, 0.25) is 0 Å². The molecule has 2 fully saturated rings. The molecule has 2 aliphatic heterocycles. The first-order valence-corrected chi connectivity index (χ1v) is 27.4. The van der Waals surface area contributed by atoms with E-state index in [-0.39, 0.29) is 64.2 Å². The van der Waals surface area contributed by atoms with E-state index < -0.39 is 71.3 Å². The van der Waals surface area contributed by atoms with E-state index in [0.717, 1.165) is 33.4 Å². The van der Waals surface area contributed by atoms with Gasteiger partial charge in [0, 0.05) is 24.3 Å². The van der Waals surface area contributed by atoms with Crippen molar-refractivity contribution in [3.63, 3.8) is 0 Å². The van der Waals surface area contributed by atoms with Crippen molar-refractivity contribution in [3.8, 4) is 11.5 Å². The van der Waals surface area contributed by atoms with E-state index in [1.807, 2.05) is 182 Å². The summed E-state index contributed by atoms with van der Waals surface area (Å²) in [6.45, 7) is 0.572. The van der Waals surface area contributed by atoms with Gasteiger partial charge in [-0.05, 0) is 57.6 Å². The third kappa shape index (κ3) is 16.5. The van der Waals surface area contributed by atoms with Crippen LogP contribution in [0.4, 0.5) is 11.4 Å². The van der Waals surface area contributed by atoms with Crippen LogP contribution in [0.2, 0.25) is 0 Å². The van der Waals surface area contributed by atoms with Gasteiger partial charge >= 0.3 is 0 Å². The fourth-order valence-electron chi connectivity index (χ4n) is 9.80. The summed E-state index contributed by atoms with van der Waals surface area (Å²) in [6, 6.07) is 70.0. The van der Waals surface area contributed by atoms with Gasteiger partial charge in [0.1, 0.15) is 73.5 Å². The second kappa shape index (κ2) is 29.7. The maximum absolute atomic E-state index is 11.7. The van der Waals surface area contributed by atoms with Crippen LogP contribution >= 0.6 is 0 Å². The minimum atomic E-state index is -1.32. The average molecular weight is 1130 g/mol. The quantitative estimate of drug-likeness (QED) is 0.0332. The van der Waals surface area contributed by atoms with Gasteiger partial charge in [-0.3, -0.25) is 20.2 Å². The first-order valence-electron chi connectivity index (χ1n) is 27.4. The Labute approximate surface area is 481 Å². The second-order valence-corrected chi connectivity index (χ2v) is 19.9. The van der Waals surface area contributed by atoms with Gasteiger partial charge in [-0.2, -0.15) is 0 Å². The van der Waals surface area contributed by atoms with Gasteiger partial charge in [-0.1, -0.05) is 182 Å². The van der Waals surface area contributed by atoms with Crippen LogP contribution in [0, 0.1) is 20.2 Å². The molecule has 0 aliphatic carbocycles. The third-order valence-corrected chi connectivity index (χ3v) is 14.1. The molecule has 2 saturated heterocycles. The second-order valence-electron chi connectivity index (χ2n) is 19.9. The smallest absolute Gasteiger partial charge is 0.269 e. The van der Waals surface area contributed by atoms with Crippen molar-refractivity contribution in [3.05, 3.63) is 284 Å². The molecule has 0 unspecified atom stereocenters. The van der Waals surface area contributed by atoms with Crippen LogP contribution in [-0.4, -0.2) is 84.5 Å². The number of non-ortho nitro benzene ring substituents is 2. The Bertz CT molecular complexity index is 2980. The van der Waals surface area contributed by atoms with Crippen LogP contribution in [-0.2, 0) is 82.3 Å². The van der Waals surface area contributed by atoms with E-state index in [2.05, 4.69) is 0 Å². The van der Waals surface area contributed by atoms with E-state index in [0.29, 0.717) is 11.5 Å². The number of rotatable bonds is 28. The Hall–Kier alpha value is -8.20. The van der Waals surface area contributed by atoms with Crippen molar-refractivity contribution in [2.24, 2.45) is 0 Å². The van der Waals surface area contributed by atoms with Crippen molar-refractivity contribution in [2.45, 2.75) is 101 Å². The highest BCUT2D eigenvalue weighted by molar-refractivity contribution is 5.37. The molecule has 0 amide bonds. The van der Waals surface area contributed by atoms with Crippen molar-refractivity contribution in [1.82, 2.24) is 0 Å². The summed E-state index contributed by atoms with van der Waals surface area (Å²) < 4.78 is 76.6. The lowest BCUT2D eigenvalue weighted by Gasteiger charge is -2.49. The molecule has 8 aromatic carbocycles. The van der Waals surface area contributed by atoms with Crippen LogP contribution < -0.4 is 9.47 Å². The number of hydrogen-bond acceptors (Lipinski definition) is 15. The lowest BCUT2D eigenvalue weighted by molar-refractivity contribution is -0.393. The molecule has 0 bridgehead atoms. The van der Waals surface area contributed by atoms with Gasteiger partial charge in [0.15, 0.2) is 12.6 Å². The van der Waals surface area contributed by atoms with Gasteiger partial charge < -0.3 is 52.1 Å². The first kappa shape index (κ1) is 58.0. The van der Waals surface area contributed by atoms with Crippen molar-refractivity contribution in [2.75, 3.05) is 13.2 Å². The molecule has 17 nitrogen and oxygen atoms in total. The van der Waals surface area contributed by atoms with Crippen LogP contribution in [0.15, 0.2) is 231 Å². The number of ether oxygens (including phenoxy) is 11. The Morgan fingerprint density at radius 2 is 0.554 bits per heavy atom. The lowest BCUT2D eigenvalue weighted by Crippen LogP contribution is -2.66. The zero-order valence-corrected chi connectivity index (χ0v) is 45.4. The van der Waals surface area contributed by atoms with Crippen LogP contribution in [0.5, 0.6) is 11.5 Å². The molecule has 83 heavy (non-hydrogen) atoms. The third-order valence-electron chi connectivity index (χ3n) is 14.1. The molecule has 0 N–H and O–H groups in total. The Kier molecular flexibility index (Phi) is 20.7. The minimum absolute atomic E-state index is 0.0942. The normalized spacial score (nSPS) is 22.3. The Morgan fingerprint density at radius 3 is 0.807 bits per heavy atom. The summed E-state index contributed by atoms with van der Waals surface area (Å²) in [4.78, 5) is 22.4. The van der Waals surface area contributed by atoms with Crippen LogP contribution in [0.25, 0.3) is 0 Å². The maximum Gasteiger partial charge on any atom is 0.269 e. The number of benzene rings is 8. The largest absolute Gasteiger partial charge is 0.491 e. The first-order chi connectivity index (χ1) is 40.8. The molecule has 0 radical (unpaired) electrons. The van der Waals surface area contributed by atoms with Gasteiger partial charge in [0.05, 0.1) is 49.5 Å². The minimum Gasteiger partial charge on any atom is -0.491 e. The molecular formula is C66H64N2O15. The van der Waals surface area contributed by atoms with Gasteiger partial charge in [-0.15, -0.1) is 0 Å². The standard InChI is InChI=1S/C66H64N2O15/c69-67(70)53-31-35-55(36-32-53)73-45-57-59(75-39-47-19-7-1-8-20-47)61(77-41-49-23-11-3-12-24-49)63(79-43-51-27-15-5-16-28-51)65(81-57)83-66-64(80-44-52-29-17-6-18-30-52)62(78-42-50-25-13-4-14-26-50)60(76-40-48-21-9-2-10-22-48)58(82-66)46-74-56-37-33-54(34-38-56)68(71)72/h1-38,57-66H,39-46H2/t57-,58+,59-,60+,61+,62-,63-,64+,65-,66+. The molecule has 2 aliphatic rings. The predicted molar refractivity (Wildman–Crippen MR) is 306 cm³/mol. The van der Waals surface area contributed by atoms with Gasteiger partial charge in [0.25, 0.3) is 11.4 Å². The molecule has 8 aromatic rings. The summed E-state index contributed by atoms with van der Waals surface area (Å²) in [5.74, 6) is 0.701. The molecule has 0 spiro atoms. The Morgan fingerprint density at radius 1 is 0.313 bits per heavy atom. The molecule has 10 rings (SSSR count). The number of nitro groups is 2. The molecular weight excluding hydrogens is 1060 g/mol. The topological polar surface area (TPSA) is 188 Å². The SMILES string of the molecule is O=[N+]([O-])c1ccc(OC[C@@H]2O[C@@H](O[C@H]3O[C@H](COc4ccc([N+](=O)[O-])cc4)[C@@H](OCc4ccccc4)[C@H](OCc4ccccc4)[C@H]3OCc3ccccc3)[C@@H](OCc3ccccc3)[C@H](OCc3ccccc3)[C@H]2OCc2ccccc2)cc1. The summed E-state index contributed by atoms with van der Waals surface area (Å²) in [6.07, 6.45) is -10.2. The van der Waals surface area contributed by atoms with E-state index in [1.54, 1.807) is 0 Å². The summed E-state index contributed by atoms with van der Waals surface area (Å²) in [5, 5.41) is 23.3. The molecule has 0 saturated carbocycles. The van der Waals surface area contributed by atoms with E-state index in [4.69, 9.17) is 52.1 Å². The monoisotopic (exact) mass is 1120 g/mol. The average Bonchev–Trinajstić information content (AvgIpc) is 3.24. The van der Waals surface area contributed by atoms with E-state index in [1.165, 1.54) is 48.5 Å². The molecule has 10 atom stereocenters. The van der Waals surface area contributed by atoms with Crippen LogP contribution in [0.1, 0.15) is 33.4 Å². The number of nitro benzene ring substituents is 2. The highest BCUT2D eigenvalue weighted by atomic mass is 16.8.